The predicted molar refractivity (Wildman–Crippen MR) is 297 cm³/mol. The van der Waals surface area contributed by atoms with E-state index < -0.39 is 5.41 Å². The minimum Gasteiger partial charge on any atom is -0.310 e. The van der Waals surface area contributed by atoms with E-state index in [0.29, 0.717) is 0 Å². The summed E-state index contributed by atoms with van der Waals surface area (Å²) in [5, 5.41) is 12.8. The first-order valence-corrected chi connectivity index (χ1v) is 24.3. The van der Waals surface area contributed by atoms with Crippen LogP contribution in [0.5, 0.6) is 0 Å². The average Bonchev–Trinajstić information content (AvgIpc) is 3.74. The number of benzene rings is 13. The van der Waals surface area contributed by atoms with Crippen molar-refractivity contribution in [3.05, 3.63) is 295 Å². The molecule has 0 aromatic heterocycles. The van der Waals surface area contributed by atoms with E-state index in [0.717, 1.165) is 17.1 Å². The molecule has 326 valence electrons. The molecule has 1 nitrogen and oxygen atoms in total. The summed E-state index contributed by atoms with van der Waals surface area (Å²) in [5.74, 6) is 0. The second-order valence-electron chi connectivity index (χ2n) is 18.8. The third-order valence-corrected chi connectivity index (χ3v) is 15.1. The third kappa shape index (κ3) is 6.18. The molecule has 0 spiro atoms. The van der Waals surface area contributed by atoms with Gasteiger partial charge in [0.2, 0.25) is 0 Å². The SMILES string of the molecule is c1ccc(C2(c3ccccc3)c3ccccc3-c3ccc(N(c4ccc(-c5ccc6c(ccc7ccccc76)c5)cc4)c4ccc(-c5ccc6c7ccccc7c7ccccc7c6c5)cc4)cc32)cc1. The van der Waals surface area contributed by atoms with Crippen LogP contribution in [0.25, 0.3) is 87.2 Å². The molecule has 1 aliphatic rings. The normalized spacial score (nSPS) is 12.7. The highest BCUT2D eigenvalue weighted by molar-refractivity contribution is 6.25. The van der Waals surface area contributed by atoms with Gasteiger partial charge in [-0.2, -0.15) is 0 Å². The lowest BCUT2D eigenvalue weighted by atomic mass is 9.67. The monoisotopic (exact) mass is 887 g/mol. The van der Waals surface area contributed by atoms with E-state index in [1.165, 1.54) is 109 Å². The molecule has 13 aromatic carbocycles. The third-order valence-electron chi connectivity index (χ3n) is 15.1. The Kier molecular flexibility index (Phi) is 9.19. The maximum Gasteiger partial charge on any atom is 0.0714 e. The summed E-state index contributed by atoms with van der Waals surface area (Å²) in [6.45, 7) is 0. The summed E-state index contributed by atoms with van der Waals surface area (Å²) >= 11 is 0. The van der Waals surface area contributed by atoms with Crippen LogP contribution in [0, 0.1) is 0 Å². The Morgan fingerprint density at radius 3 is 1.29 bits per heavy atom. The quantitative estimate of drug-likeness (QED) is 0.144. The zero-order valence-corrected chi connectivity index (χ0v) is 38.4. The fourth-order valence-electron chi connectivity index (χ4n) is 11.9. The van der Waals surface area contributed by atoms with E-state index in [4.69, 9.17) is 0 Å². The van der Waals surface area contributed by atoms with E-state index in [2.05, 4.69) is 278 Å². The molecule has 0 N–H and O–H groups in total. The first-order valence-electron chi connectivity index (χ1n) is 24.3. The average molecular weight is 888 g/mol. The Morgan fingerprint density at radius 2 is 0.657 bits per heavy atom. The van der Waals surface area contributed by atoms with Crippen molar-refractivity contribution in [2.45, 2.75) is 5.41 Å². The minimum atomic E-state index is -0.517. The van der Waals surface area contributed by atoms with Gasteiger partial charge in [-0.3, -0.25) is 0 Å². The van der Waals surface area contributed by atoms with Crippen LogP contribution >= 0.6 is 0 Å². The highest BCUT2D eigenvalue weighted by atomic mass is 15.1. The van der Waals surface area contributed by atoms with Gasteiger partial charge in [-0.25, -0.2) is 0 Å². The molecule has 0 atom stereocenters. The fraction of sp³-hybridized carbons (Fsp3) is 0.0145. The highest BCUT2D eigenvalue weighted by Crippen LogP contribution is 2.57. The van der Waals surface area contributed by atoms with Crippen LogP contribution in [-0.2, 0) is 5.41 Å². The van der Waals surface area contributed by atoms with Crippen LogP contribution < -0.4 is 4.90 Å². The van der Waals surface area contributed by atoms with Crippen molar-refractivity contribution in [3.63, 3.8) is 0 Å². The number of hydrogen-bond donors (Lipinski definition) is 0. The van der Waals surface area contributed by atoms with Crippen LogP contribution in [0.3, 0.4) is 0 Å². The molecule has 0 saturated carbocycles. The molecule has 14 rings (SSSR count). The summed E-state index contributed by atoms with van der Waals surface area (Å²) in [6.07, 6.45) is 0. The first-order chi connectivity index (χ1) is 34.7. The van der Waals surface area contributed by atoms with E-state index in [9.17, 15) is 0 Å². The molecule has 13 aromatic rings. The Hall–Kier alpha value is -9.04. The second-order valence-corrected chi connectivity index (χ2v) is 18.8. The van der Waals surface area contributed by atoms with Crippen molar-refractivity contribution >= 4 is 70.9 Å². The molecular weight excluding hydrogens is 843 g/mol. The summed E-state index contributed by atoms with van der Waals surface area (Å²) < 4.78 is 0. The Morgan fingerprint density at radius 1 is 0.229 bits per heavy atom. The lowest BCUT2D eigenvalue weighted by molar-refractivity contribution is 0.768. The van der Waals surface area contributed by atoms with Gasteiger partial charge in [0.25, 0.3) is 0 Å². The van der Waals surface area contributed by atoms with Crippen molar-refractivity contribution in [1.29, 1.82) is 0 Å². The lowest BCUT2D eigenvalue weighted by Gasteiger charge is -2.35. The molecule has 0 unspecified atom stereocenters. The van der Waals surface area contributed by atoms with Crippen molar-refractivity contribution in [3.8, 4) is 33.4 Å². The highest BCUT2D eigenvalue weighted by Gasteiger charge is 2.46. The Bertz CT molecular complexity index is 4080. The molecule has 0 heterocycles. The lowest BCUT2D eigenvalue weighted by Crippen LogP contribution is -2.28. The molecule has 0 bridgehead atoms. The van der Waals surface area contributed by atoms with E-state index in [1.807, 2.05) is 0 Å². The van der Waals surface area contributed by atoms with Gasteiger partial charge in [0, 0.05) is 17.1 Å². The molecule has 1 heteroatoms. The molecule has 0 amide bonds. The number of hydrogen-bond acceptors (Lipinski definition) is 1. The number of nitrogens with zero attached hydrogens (tertiary/aromatic N) is 1. The van der Waals surface area contributed by atoms with Crippen molar-refractivity contribution < 1.29 is 0 Å². The number of anilines is 3. The molecule has 0 fully saturated rings. The van der Waals surface area contributed by atoms with Gasteiger partial charge >= 0.3 is 0 Å². The van der Waals surface area contributed by atoms with Crippen molar-refractivity contribution in [1.82, 2.24) is 0 Å². The van der Waals surface area contributed by atoms with Gasteiger partial charge in [0.05, 0.1) is 5.41 Å². The van der Waals surface area contributed by atoms with Gasteiger partial charge in [0.1, 0.15) is 0 Å². The molecular formula is C69H45N. The summed E-state index contributed by atoms with van der Waals surface area (Å²) in [4.78, 5) is 2.43. The maximum atomic E-state index is 2.46. The van der Waals surface area contributed by atoms with Crippen molar-refractivity contribution in [2.24, 2.45) is 0 Å². The summed E-state index contributed by atoms with van der Waals surface area (Å²) in [5.41, 5.74) is 15.2. The van der Waals surface area contributed by atoms with E-state index in [1.54, 1.807) is 0 Å². The topological polar surface area (TPSA) is 3.24 Å². The second kappa shape index (κ2) is 16.0. The van der Waals surface area contributed by atoms with E-state index >= 15 is 0 Å². The molecule has 1 aliphatic carbocycles. The molecule has 70 heavy (non-hydrogen) atoms. The standard InChI is InChI=1S/C69H45N/c1-3-16-52(17-4-1)69(53-18-5-2-6-19-53)67-26-14-13-25-64(67)65-42-39-56(45-68(65)69)70(54-35-29-46(30-36-54)49-33-40-58-51(43-49)28-27-48-15-7-8-20-57(48)58)55-37-31-47(32-38-55)50-34-41-63-61-23-10-9-21-59(61)60-22-11-12-24-62(60)66(63)44-50/h1-45H. The minimum absolute atomic E-state index is 0.517. The van der Waals surface area contributed by atoms with Gasteiger partial charge < -0.3 is 4.90 Å². The predicted octanol–water partition coefficient (Wildman–Crippen LogP) is 18.6. The zero-order valence-electron chi connectivity index (χ0n) is 38.4. The first kappa shape index (κ1) is 40.1. The van der Waals surface area contributed by atoms with E-state index in [-0.39, 0.29) is 0 Å². The molecule has 0 radical (unpaired) electrons. The Balaban J connectivity index is 0.925. The smallest absolute Gasteiger partial charge is 0.0714 e. The van der Waals surface area contributed by atoms with Gasteiger partial charge in [-0.05, 0) is 158 Å². The molecule has 0 saturated heterocycles. The number of rotatable bonds is 7. The summed E-state index contributed by atoms with van der Waals surface area (Å²) in [6, 6.07) is 101. The zero-order chi connectivity index (χ0) is 46.2. The van der Waals surface area contributed by atoms with Gasteiger partial charge in [0.15, 0.2) is 0 Å². The van der Waals surface area contributed by atoms with Crippen LogP contribution in [-0.4, -0.2) is 0 Å². The Labute approximate surface area is 407 Å². The van der Waals surface area contributed by atoms with Crippen LogP contribution in [0.4, 0.5) is 17.1 Å². The van der Waals surface area contributed by atoms with Crippen molar-refractivity contribution in [2.75, 3.05) is 4.90 Å². The van der Waals surface area contributed by atoms with Crippen LogP contribution in [0.2, 0.25) is 0 Å². The van der Waals surface area contributed by atoms with Crippen LogP contribution in [0.1, 0.15) is 22.3 Å². The maximum absolute atomic E-state index is 2.46. The van der Waals surface area contributed by atoms with Crippen LogP contribution in [0.15, 0.2) is 273 Å². The number of fused-ring (bicyclic) bond motifs is 12. The molecule has 0 aliphatic heterocycles. The fourth-order valence-corrected chi connectivity index (χ4v) is 11.9. The largest absolute Gasteiger partial charge is 0.310 e. The summed E-state index contributed by atoms with van der Waals surface area (Å²) in [7, 11) is 0. The van der Waals surface area contributed by atoms with Gasteiger partial charge in [-0.15, -0.1) is 0 Å². The van der Waals surface area contributed by atoms with Gasteiger partial charge in [-0.1, -0.05) is 224 Å².